The Hall–Kier alpha value is -4.69. The Labute approximate surface area is 271 Å². The number of ether oxygens (including phenoxy) is 1. The number of fused-ring (bicyclic) bond motifs is 1. The zero-order chi connectivity index (χ0) is 33.4. The summed E-state index contributed by atoms with van der Waals surface area (Å²) in [5.74, 6) is -0.545. The second-order valence-corrected chi connectivity index (χ2v) is 14.8. The molecule has 0 bridgehead atoms. The second-order valence-electron chi connectivity index (χ2n) is 12.8. The molecule has 7 nitrogen and oxygen atoms in total. The minimum Gasteiger partial charge on any atom is -0.456 e. The van der Waals surface area contributed by atoms with E-state index in [1.54, 1.807) is 30.3 Å². The Bertz CT molecular complexity index is 2030. The molecule has 238 valence electrons. The standard InChI is InChI=1S/C38H40N2O5S/c1-24-26(3)40(23-27-12-14-29(15-13-27)32-10-8-9-11-33(32)37(42)45-38(4,5)6)35-21-18-30(22-34(24)35)36(41)39-25(2)28-16-19-31(20-17-28)46(7,43)44/h8-22,25H,23H2,1-7H3,(H,39,41)/t25-/m1/s1. The number of nitrogens with one attached hydrogen (secondary N) is 1. The van der Waals surface area contributed by atoms with Crippen molar-refractivity contribution < 1.29 is 22.7 Å². The first-order chi connectivity index (χ1) is 21.6. The molecule has 0 unspecified atom stereocenters. The van der Waals surface area contributed by atoms with Crippen LogP contribution in [0.1, 0.15) is 76.8 Å². The highest BCUT2D eigenvalue weighted by Gasteiger charge is 2.21. The van der Waals surface area contributed by atoms with Crippen molar-refractivity contribution in [3.05, 3.63) is 125 Å². The molecule has 1 aromatic heterocycles. The molecule has 0 aliphatic rings. The van der Waals surface area contributed by atoms with E-state index in [1.165, 1.54) is 6.26 Å². The number of aromatic nitrogens is 1. The van der Waals surface area contributed by atoms with Crippen LogP contribution in [0.4, 0.5) is 0 Å². The van der Waals surface area contributed by atoms with Gasteiger partial charge in [0.2, 0.25) is 0 Å². The van der Waals surface area contributed by atoms with E-state index in [4.69, 9.17) is 4.74 Å². The number of amides is 1. The highest BCUT2D eigenvalue weighted by atomic mass is 32.2. The molecule has 0 spiro atoms. The summed E-state index contributed by atoms with van der Waals surface area (Å²) < 4.78 is 31.5. The molecule has 1 atom stereocenters. The van der Waals surface area contributed by atoms with Crippen LogP contribution >= 0.6 is 0 Å². The van der Waals surface area contributed by atoms with Crippen LogP contribution in [0.25, 0.3) is 22.0 Å². The summed E-state index contributed by atoms with van der Waals surface area (Å²) in [6.45, 7) is 12.3. The number of rotatable bonds is 8. The second kappa shape index (κ2) is 12.6. The number of esters is 1. The van der Waals surface area contributed by atoms with E-state index in [2.05, 4.69) is 35.9 Å². The molecule has 1 heterocycles. The van der Waals surface area contributed by atoms with E-state index in [9.17, 15) is 18.0 Å². The average Bonchev–Trinajstić information content (AvgIpc) is 3.24. The van der Waals surface area contributed by atoms with Gasteiger partial charge in [0.05, 0.1) is 16.5 Å². The van der Waals surface area contributed by atoms with E-state index in [1.807, 2.05) is 76.2 Å². The van der Waals surface area contributed by atoms with Crippen LogP contribution in [0.3, 0.4) is 0 Å². The quantitative estimate of drug-likeness (QED) is 0.175. The predicted molar refractivity (Wildman–Crippen MR) is 183 cm³/mol. The number of carbonyl (C=O) groups excluding carboxylic acids is 2. The third-order valence-electron chi connectivity index (χ3n) is 8.21. The van der Waals surface area contributed by atoms with Crippen molar-refractivity contribution in [3.63, 3.8) is 0 Å². The number of hydrogen-bond donors (Lipinski definition) is 1. The summed E-state index contributed by atoms with van der Waals surface area (Å²) in [5, 5.41) is 4.04. The minimum atomic E-state index is -3.29. The van der Waals surface area contributed by atoms with Crippen LogP contribution in [-0.2, 0) is 21.1 Å². The van der Waals surface area contributed by atoms with E-state index < -0.39 is 15.4 Å². The Kier molecular flexibility index (Phi) is 8.96. The zero-order valence-corrected chi connectivity index (χ0v) is 28.2. The maximum Gasteiger partial charge on any atom is 0.339 e. The van der Waals surface area contributed by atoms with Gasteiger partial charge in [-0.25, -0.2) is 13.2 Å². The maximum absolute atomic E-state index is 13.2. The van der Waals surface area contributed by atoms with Crippen molar-refractivity contribution in [1.29, 1.82) is 0 Å². The fourth-order valence-electron chi connectivity index (χ4n) is 5.58. The Morgan fingerprint density at radius 3 is 2.17 bits per heavy atom. The highest BCUT2D eigenvalue weighted by molar-refractivity contribution is 7.90. The van der Waals surface area contributed by atoms with Gasteiger partial charge in [0.1, 0.15) is 5.60 Å². The molecule has 5 rings (SSSR count). The van der Waals surface area contributed by atoms with Gasteiger partial charge in [0.25, 0.3) is 5.91 Å². The van der Waals surface area contributed by atoms with Crippen molar-refractivity contribution in [2.24, 2.45) is 0 Å². The lowest BCUT2D eigenvalue weighted by molar-refractivity contribution is 0.00703. The van der Waals surface area contributed by atoms with Gasteiger partial charge in [-0.3, -0.25) is 4.79 Å². The largest absolute Gasteiger partial charge is 0.456 e. The molecule has 1 amide bonds. The topological polar surface area (TPSA) is 94.5 Å². The summed E-state index contributed by atoms with van der Waals surface area (Å²) in [7, 11) is -3.29. The van der Waals surface area contributed by atoms with Gasteiger partial charge in [0, 0.05) is 35.0 Å². The number of nitrogens with zero attached hydrogens (tertiary/aromatic N) is 1. The summed E-state index contributed by atoms with van der Waals surface area (Å²) in [4.78, 5) is 26.4. The van der Waals surface area contributed by atoms with Gasteiger partial charge in [0.15, 0.2) is 9.84 Å². The molecular formula is C38H40N2O5S. The molecule has 4 aromatic carbocycles. The van der Waals surface area contributed by atoms with Gasteiger partial charge in [-0.15, -0.1) is 0 Å². The molecule has 0 fully saturated rings. The minimum absolute atomic E-state index is 0.200. The number of benzene rings is 4. The first-order valence-electron chi connectivity index (χ1n) is 15.2. The van der Waals surface area contributed by atoms with Crippen LogP contribution in [-0.4, -0.2) is 36.7 Å². The van der Waals surface area contributed by atoms with Crippen LogP contribution in [0.5, 0.6) is 0 Å². The summed E-state index contributed by atoms with van der Waals surface area (Å²) in [6.07, 6.45) is 1.17. The van der Waals surface area contributed by atoms with E-state index >= 15 is 0 Å². The highest BCUT2D eigenvalue weighted by Crippen LogP contribution is 2.30. The molecule has 5 aromatic rings. The zero-order valence-electron chi connectivity index (χ0n) is 27.3. The number of sulfone groups is 1. The number of carbonyl (C=O) groups is 2. The van der Waals surface area contributed by atoms with Gasteiger partial charge in [-0.05, 0) is 106 Å². The van der Waals surface area contributed by atoms with Crippen LogP contribution in [0.15, 0.2) is 95.9 Å². The lowest BCUT2D eigenvalue weighted by atomic mass is 9.98. The van der Waals surface area contributed by atoms with Crippen molar-refractivity contribution in [2.75, 3.05) is 6.26 Å². The first-order valence-corrected chi connectivity index (χ1v) is 17.1. The van der Waals surface area contributed by atoms with Crippen molar-refractivity contribution in [3.8, 4) is 11.1 Å². The lowest BCUT2D eigenvalue weighted by Gasteiger charge is -2.20. The van der Waals surface area contributed by atoms with Gasteiger partial charge >= 0.3 is 5.97 Å². The third-order valence-corrected chi connectivity index (χ3v) is 9.34. The van der Waals surface area contributed by atoms with Crippen LogP contribution < -0.4 is 5.32 Å². The normalized spacial score (nSPS) is 12.6. The fraction of sp³-hybridized carbons (Fsp3) is 0.263. The van der Waals surface area contributed by atoms with Gasteiger partial charge in [-0.1, -0.05) is 54.6 Å². The molecule has 0 aliphatic heterocycles. The van der Waals surface area contributed by atoms with E-state index in [0.717, 1.165) is 44.4 Å². The van der Waals surface area contributed by atoms with E-state index in [0.29, 0.717) is 17.7 Å². The molecule has 46 heavy (non-hydrogen) atoms. The molecule has 1 N–H and O–H groups in total. The maximum atomic E-state index is 13.2. The molecule has 0 radical (unpaired) electrons. The van der Waals surface area contributed by atoms with Crippen molar-refractivity contribution in [1.82, 2.24) is 9.88 Å². The van der Waals surface area contributed by atoms with Crippen molar-refractivity contribution in [2.45, 2.75) is 64.6 Å². The van der Waals surface area contributed by atoms with Crippen LogP contribution in [0.2, 0.25) is 0 Å². The fourth-order valence-corrected chi connectivity index (χ4v) is 6.21. The monoisotopic (exact) mass is 636 g/mol. The predicted octanol–water partition coefficient (Wildman–Crippen LogP) is 7.82. The van der Waals surface area contributed by atoms with Crippen molar-refractivity contribution >= 4 is 32.6 Å². The summed E-state index contributed by atoms with van der Waals surface area (Å²) in [5.41, 5.74) is 7.46. The SMILES string of the molecule is Cc1c(C)n(Cc2ccc(-c3ccccc3C(=O)OC(C)(C)C)cc2)c2ccc(C(=O)N[C@H](C)c3ccc(S(C)(=O)=O)cc3)cc12. The number of aryl methyl sites for hydroxylation is 1. The molecule has 0 saturated heterocycles. The molecular weight excluding hydrogens is 596 g/mol. The Morgan fingerprint density at radius 2 is 1.54 bits per heavy atom. The Morgan fingerprint density at radius 1 is 0.891 bits per heavy atom. The molecule has 0 saturated carbocycles. The van der Waals surface area contributed by atoms with Crippen LogP contribution in [0, 0.1) is 13.8 Å². The van der Waals surface area contributed by atoms with E-state index in [-0.39, 0.29) is 22.8 Å². The molecule has 8 heteroatoms. The smallest absolute Gasteiger partial charge is 0.339 e. The first kappa shape index (κ1) is 32.7. The third kappa shape index (κ3) is 7.07. The average molecular weight is 637 g/mol. The lowest BCUT2D eigenvalue weighted by Crippen LogP contribution is -2.26. The summed E-state index contributed by atoms with van der Waals surface area (Å²) >= 11 is 0. The Balaban J connectivity index is 1.34. The van der Waals surface area contributed by atoms with Gasteiger partial charge in [-0.2, -0.15) is 0 Å². The number of hydrogen-bond acceptors (Lipinski definition) is 5. The molecule has 0 aliphatic carbocycles. The van der Waals surface area contributed by atoms with Gasteiger partial charge < -0.3 is 14.6 Å². The summed E-state index contributed by atoms with van der Waals surface area (Å²) in [6, 6.07) is 27.7.